The Labute approximate surface area is 157 Å². The Bertz CT molecular complexity index is 701. The molecule has 2 rings (SSSR count). The zero-order valence-corrected chi connectivity index (χ0v) is 17.1. The molecule has 1 saturated heterocycles. The molecule has 0 spiro atoms. The number of hydrogen-bond acceptors (Lipinski definition) is 4. The number of carbonyl (C=O) groups excluding carboxylic acids is 1. The Balaban J connectivity index is 1.97. The van der Waals surface area contributed by atoms with Crippen molar-refractivity contribution < 1.29 is 13.2 Å². The highest BCUT2D eigenvalue weighted by atomic mass is 32.2. The van der Waals surface area contributed by atoms with Crippen LogP contribution < -0.4 is 5.32 Å². The maximum atomic E-state index is 12.8. The van der Waals surface area contributed by atoms with Crippen LogP contribution in [0.25, 0.3) is 0 Å². The van der Waals surface area contributed by atoms with Gasteiger partial charge in [-0.3, -0.25) is 4.79 Å². The van der Waals surface area contributed by atoms with Gasteiger partial charge in [-0.25, -0.2) is 8.42 Å². The van der Waals surface area contributed by atoms with Crippen LogP contribution in [0.4, 0.5) is 0 Å². The molecule has 1 amide bonds. The molecule has 0 saturated carbocycles. The van der Waals surface area contributed by atoms with E-state index in [9.17, 15) is 13.2 Å². The molecule has 6 nitrogen and oxygen atoms in total. The number of piperidine rings is 1. The van der Waals surface area contributed by atoms with E-state index in [-0.39, 0.29) is 18.4 Å². The van der Waals surface area contributed by atoms with Crippen LogP contribution in [0.1, 0.15) is 25.3 Å². The van der Waals surface area contributed by atoms with Crippen LogP contribution >= 0.6 is 0 Å². The minimum atomic E-state index is -3.55. The van der Waals surface area contributed by atoms with Crippen molar-refractivity contribution in [2.24, 2.45) is 11.8 Å². The molecular formula is C19H31N3O3S. The molecule has 0 aromatic heterocycles. The third kappa shape index (κ3) is 5.53. The van der Waals surface area contributed by atoms with Gasteiger partial charge in [-0.1, -0.05) is 24.6 Å². The van der Waals surface area contributed by atoms with E-state index < -0.39 is 10.0 Å². The van der Waals surface area contributed by atoms with Crippen molar-refractivity contribution in [2.45, 2.75) is 31.6 Å². The molecule has 0 unspecified atom stereocenters. The quantitative estimate of drug-likeness (QED) is 0.781. The van der Waals surface area contributed by atoms with Crippen molar-refractivity contribution in [3.8, 4) is 0 Å². The second-order valence-corrected chi connectivity index (χ2v) is 9.57. The number of rotatable bonds is 7. The fraction of sp³-hybridized carbons (Fsp3) is 0.632. The van der Waals surface area contributed by atoms with E-state index >= 15 is 0 Å². The maximum absolute atomic E-state index is 12.8. The lowest BCUT2D eigenvalue weighted by molar-refractivity contribution is -0.126. The van der Waals surface area contributed by atoms with E-state index in [0.717, 1.165) is 18.5 Å². The van der Waals surface area contributed by atoms with E-state index in [1.54, 1.807) is 24.3 Å². The number of nitrogens with one attached hydrogen (secondary N) is 1. The third-order valence-corrected chi connectivity index (χ3v) is 6.59. The van der Waals surface area contributed by atoms with Gasteiger partial charge in [0.05, 0.1) is 10.8 Å². The molecule has 1 fully saturated rings. The van der Waals surface area contributed by atoms with Crippen molar-refractivity contribution in [1.82, 2.24) is 14.5 Å². The predicted molar refractivity (Wildman–Crippen MR) is 103 cm³/mol. The van der Waals surface area contributed by atoms with Gasteiger partial charge in [0, 0.05) is 26.2 Å². The fourth-order valence-electron chi connectivity index (χ4n) is 3.34. The van der Waals surface area contributed by atoms with Crippen LogP contribution in [0.5, 0.6) is 0 Å². The lowest BCUT2D eigenvalue weighted by atomic mass is 9.98. The number of aryl methyl sites for hydroxylation is 1. The van der Waals surface area contributed by atoms with Gasteiger partial charge in [-0.15, -0.1) is 0 Å². The smallest absolute Gasteiger partial charge is 0.243 e. The van der Waals surface area contributed by atoms with Gasteiger partial charge in [-0.05, 0) is 51.9 Å². The van der Waals surface area contributed by atoms with Gasteiger partial charge in [-0.2, -0.15) is 4.31 Å². The Morgan fingerprint density at radius 1 is 1.31 bits per heavy atom. The summed E-state index contributed by atoms with van der Waals surface area (Å²) < 4.78 is 27.1. The van der Waals surface area contributed by atoms with Crippen LogP contribution in [-0.2, 0) is 14.8 Å². The second-order valence-electron chi connectivity index (χ2n) is 7.63. The average Bonchev–Trinajstić information content (AvgIpc) is 2.59. The van der Waals surface area contributed by atoms with Crippen molar-refractivity contribution in [3.05, 3.63) is 29.8 Å². The summed E-state index contributed by atoms with van der Waals surface area (Å²) in [6, 6.07) is 6.87. The number of carbonyl (C=O) groups is 1. The minimum Gasteiger partial charge on any atom is -0.356 e. The average molecular weight is 382 g/mol. The van der Waals surface area contributed by atoms with Gasteiger partial charge in [0.15, 0.2) is 0 Å². The number of amides is 1. The summed E-state index contributed by atoms with van der Waals surface area (Å²) in [6.07, 6.45) is 1.43. The molecule has 1 aliphatic rings. The lowest BCUT2D eigenvalue weighted by Gasteiger charge is -2.31. The highest BCUT2D eigenvalue weighted by Crippen LogP contribution is 2.24. The molecule has 1 heterocycles. The van der Waals surface area contributed by atoms with Crippen molar-refractivity contribution >= 4 is 15.9 Å². The Morgan fingerprint density at radius 3 is 2.58 bits per heavy atom. The fourth-order valence-corrected chi connectivity index (χ4v) is 4.86. The molecule has 7 heteroatoms. The van der Waals surface area contributed by atoms with Gasteiger partial charge in [0.2, 0.25) is 15.9 Å². The topological polar surface area (TPSA) is 69.7 Å². The number of hydrogen-bond donors (Lipinski definition) is 1. The van der Waals surface area contributed by atoms with Crippen molar-refractivity contribution in [3.63, 3.8) is 0 Å². The third-order valence-electron chi connectivity index (χ3n) is 4.72. The summed E-state index contributed by atoms with van der Waals surface area (Å²) in [7, 11) is 0.469. The van der Waals surface area contributed by atoms with Gasteiger partial charge in [0.25, 0.3) is 0 Å². The monoisotopic (exact) mass is 381 g/mol. The minimum absolute atomic E-state index is 0.0422. The molecule has 0 radical (unpaired) electrons. The number of nitrogens with zero attached hydrogens (tertiary/aromatic N) is 2. The summed E-state index contributed by atoms with van der Waals surface area (Å²) in [5.41, 5.74) is 1.02. The first-order valence-electron chi connectivity index (χ1n) is 9.19. The second kappa shape index (κ2) is 8.97. The standard InChI is InChI=1S/C19H31N3O3S/c1-15-7-9-18(10-8-15)26(24,25)22-11-5-6-17(14-22)19(23)20-12-16(2)13-21(3)4/h7-10,16-17H,5-6,11-14H2,1-4H3,(H,20,23)/t16-,17-/m0/s1. The molecular weight excluding hydrogens is 350 g/mol. The Morgan fingerprint density at radius 2 is 1.96 bits per heavy atom. The molecule has 146 valence electrons. The molecule has 1 aliphatic heterocycles. The Hall–Kier alpha value is -1.44. The zero-order chi connectivity index (χ0) is 19.3. The van der Waals surface area contributed by atoms with Crippen LogP contribution in [0.2, 0.25) is 0 Å². The summed E-state index contributed by atoms with van der Waals surface area (Å²) >= 11 is 0. The molecule has 2 atom stereocenters. The van der Waals surface area contributed by atoms with E-state index in [1.165, 1.54) is 4.31 Å². The van der Waals surface area contributed by atoms with Crippen LogP contribution in [0, 0.1) is 18.8 Å². The summed E-state index contributed by atoms with van der Waals surface area (Å²) in [6.45, 7) is 6.25. The number of sulfonamides is 1. The predicted octanol–water partition coefficient (Wildman–Crippen LogP) is 1.71. The molecule has 1 aromatic carbocycles. The van der Waals surface area contributed by atoms with E-state index in [1.807, 2.05) is 21.0 Å². The number of benzene rings is 1. The van der Waals surface area contributed by atoms with Crippen LogP contribution in [-0.4, -0.2) is 63.8 Å². The largest absolute Gasteiger partial charge is 0.356 e. The van der Waals surface area contributed by atoms with Gasteiger partial charge >= 0.3 is 0 Å². The van der Waals surface area contributed by atoms with Crippen molar-refractivity contribution in [2.75, 3.05) is 40.3 Å². The lowest BCUT2D eigenvalue weighted by Crippen LogP contribution is -2.46. The van der Waals surface area contributed by atoms with Crippen LogP contribution in [0.15, 0.2) is 29.2 Å². The zero-order valence-electron chi connectivity index (χ0n) is 16.2. The molecule has 1 N–H and O–H groups in total. The highest BCUT2D eigenvalue weighted by molar-refractivity contribution is 7.89. The molecule has 0 aliphatic carbocycles. The first-order valence-corrected chi connectivity index (χ1v) is 10.6. The van der Waals surface area contributed by atoms with E-state index in [2.05, 4.69) is 17.1 Å². The van der Waals surface area contributed by atoms with Crippen LogP contribution in [0.3, 0.4) is 0 Å². The SMILES string of the molecule is Cc1ccc(S(=O)(=O)N2CCC[C@H](C(=O)NC[C@H](C)CN(C)C)C2)cc1. The Kier molecular flexibility index (Phi) is 7.20. The maximum Gasteiger partial charge on any atom is 0.243 e. The summed E-state index contributed by atoms with van der Waals surface area (Å²) in [5, 5.41) is 2.99. The molecule has 1 aromatic rings. The highest BCUT2D eigenvalue weighted by Gasteiger charge is 2.33. The summed E-state index contributed by atoms with van der Waals surface area (Å²) in [5.74, 6) is 0.0277. The first-order chi connectivity index (χ1) is 12.2. The van der Waals surface area contributed by atoms with Gasteiger partial charge < -0.3 is 10.2 Å². The van der Waals surface area contributed by atoms with Crippen molar-refractivity contribution in [1.29, 1.82) is 0 Å². The normalized spacial score (nSPS) is 20.1. The molecule has 0 bridgehead atoms. The molecule has 26 heavy (non-hydrogen) atoms. The first kappa shape index (κ1) is 20.9. The summed E-state index contributed by atoms with van der Waals surface area (Å²) in [4.78, 5) is 14.9. The van der Waals surface area contributed by atoms with E-state index in [4.69, 9.17) is 0 Å². The van der Waals surface area contributed by atoms with E-state index in [0.29, 0.717) is 30.3 Å². The van der Waals surface area contributed by atoms with Gasteiger partial charge in [0.1, 0.15) is 0 Å².